The fraction of sp³-hybridized carbons (Fsp3) is 0.0870. The number of nitrogen functional groups attached to an aromatic ring is 1. The topological polar surface area (TPSA) is 164 Å². The van der Waals surface area contributed by atoms with Crippen molar-refractivity contribution in [2.45, 2.75) is 11.5 Å². The van der Waals surface area contributed by atoms with Crippen LogP contribution in [0.4, 0.5) is 22.9 Å². The van der Waals surface area contributed by atoms with Crippen LogP contribution >= 0.6 is 0 Å². The van der Waals surface area contributed by atoms with E-state index in [1.54, 1.807) is 42.5 Å². The second-order valence-electron chi connectivity index (χ2n) is 7.30. The Morgan fingerprint density at radius 1 is 1.06 bits per heavy atom. The van der Waals surface area contributed by atoms with E-state index in [2.05, 4.69) is 20.0 Å². The first-order chi connectivity index (χ1) is 16.8. The van der Waals surface area contributed by atoms with E-state index >= 15 is 0 Å². The fourth-order valence-corrected chi connectivity index (χ4v) is 4.41. The molecule has 1 aromatic heterocycles. The lowest BCUT2D eigenvalue weighted by molar-refractivity contribution is 0.282. The second kappa shape index (κ2) is 9.83. The molecule has 1 heterocycles. The smallest absolute Gasteiger partial charge is 0.264 e. The number of rotatable bonds is 8. The van der Waals surface area contributed by atoms with Crippen LogP contribution in [0.3, 0.4) is 0 Å². The summed E-state index contributed by atoms with van der Waals surface area (Å²) in [6.45, 7) is -0.237. The van der Waals surface area contributed by atoms with Gasteiger partial charge in [0.2, 0.25) is 5.88 Å². The molecule has 12 heteroatoms. The van der Waals surface area contributed by atoms with Crippen molar-refractivity contribution in [3.05, 3.63) is 78.4 Å². The largest absolute Gasteiger partial charge is 0.497 e. The van der Waals surface area contributed by atoms with Gasteiger partial charge in [-0.15, -0.1) is 15.3 Å². The van der Waals surface area contributed by atoms with E-state index in [1.807, 2.05) is 6.07 Å². The van der Waals surface area contributed by atoms with Crippen LogP contribution in [0, 0.1) is 0 Å². The second-order valence-corrected chi connectivity index (χ2v) is 8.95. The Morgan fingerprint density at radius 3 is 2.54 bits per heavy atom. The van der Waals surface area contributed by atoms with Gasteiger partial charge in [-0.2, -0.15) is 4.68 Å². The van der Waals surface area contributed by atoms with Crippen LogP contribution in [0.5, 0.6) is 11.6 Å². The Balaban J connectivity index is 1.72. The predicted octanol–water partition coefficient (Wildman–Crippen LogP) is 3.88. The molecule has 4 aromatic rings. The van der Waals surface area contributed by atoms with Crippen molar-refractivity contribution >= 4 is 32.9 Å². The fourth-order valence-electron chi connectivity index (χ4n) is 3.24. The number of aromatic nitrogens is 2. The number of ether oxygens (including phenoxy) is 1. The van der Waals surface area contributed by atoms with Crippen LogP contribution in [0.2, 0.25) is 0 Å². The average Bonchev–Trinajstić information content (AvgIpc) is 3.15. The first-order valence-electron chi connectivity index (χ1n) is 10.3. The van der Waals surface area contributed by atoms with Gasteiger partial charge in [0.05, 0.1) is 19.4 Å². The Hall–Kier alpha value is -4.42. The third-order valence-electron chi connectivity index (χ3n) is 4.94. The molecule has 0 amide bonds. The molecule has 0 saturated carbocycles. The van der Waals surface area contributed by atoms with Gasteiger partial charge in [0.1, 0.15) is 16.3 Å². The number of aliphatic hydroxyl groups is 1. The number of nitrogens with two attached hydrogens (primary N) is 1. The highest BCUT2D eigenvalue weighted by atomic mass is 32.2. The summed E-state index contributed by atoms with van der Waals surface area (Å²) in [6.07, 6.45) is 0. The van der Waals surface area contributed by atoms with Gasteiger partial charge in [-0.1, -0.05) is 30.3 Å². The number of nitrogens with one attached hydrogen (secondary N) is 1. The minimum absolute atomic E-state index is 0.0542. The van der Waals surface area contributed by atoms with E-state index in [1.165, 1.54) is 36.1 Å². The zero-order valence-corrected chi connectivity index (χ0v) is 19.3. The lowest BCUT2D eigenvalue weighted by atomic mass is 10.2. The molecule has 0 fully saturated rings. The quantitative estimate of drug-likeness (QED) is 0.270. The number of azo groups is 1. The van der Waals surface area contributed by atoms with E-state index in [9.17, 15) is 18.6 Å². The van der Waals surface area contributed by atoms with E-state index in [0.29, 0.717) is 17.0 Å². The van der Waals surface area contributed by atoms with Gasteiger partial charge in [-0.3, -0.25) is 4.72 Å². The monoisotopic (exact) mass is 494 g/mol. The van der Waals surface area contributed by atoms with Crippen molar-refractivity contribution in [3.8, 4) is 17.3 Å². The van der Waals surface area contributed by atoms with Crippen molar-refractivity contribution in [2.24, 2.45) is 10.2 Å². The number of benzene rings is 3. The minimum Gasteiger partial charge on any atom is -0.497 e. The zero-order valence-electron chi connectivity index (χ0n) is 18.5. The van der Waals surface area contributed by atoms with Crippen LogP contribution in [-0.2, 0) is 16.6 Å². The number of aliphatic hydroxyl groups excluding tert-OH is 1. The van der Waals surface area contributed by atoms with Gasteiger partial charge in [0, 0.05) is 11.8 Å². The first kappa shape index (κ1) is 23.7. The molecule has 0 aliphatic rings. The Morgan fingerprint density at radius 2 is 1.83 bits per heavy atom. The lowest BCUT2D eigenvalue weighted by Crippen LogP contribution is -2.13. The van der Waals surface area contributed by atoms with Crippen molar-refractivity contribution < 1.29 is 23.4 Å². The summed E-state index contributed by atoms with van der Waals surface area (Å²) in [5.74, 6) is -0.109. The molecule has 0 atom stereocenters. The van der Waals surface area contributed by atoms with E-state index < -0.39 is 10.0 Å². The SMILES string of the molecule is COc1ccc(S(=O)(=O)Nc2cccc(CO)c2)c(/N=N/c2c(N)nn(-c3ccccc3)c2O)c1. The molecule has 0 saturated heterocycles. The van der Waals surface area contributed by atoms with Gasteiger partial charge in [0.25, 0.3) is 10.0 Å². The standard InChI is InChI=1S/C23H22N6O5S/c1-34-18-10-11-20(35(32,33)28-16-7-5-6-15(12-16)14-30)19(13-18)25-26-21-22(24)27-29(23(21)31)17-8-3-2-4-9-17/h2-13,28,30-31H,14H2,1H3,(H2,24,27)/b26-25+. The van der Waals surface area contributed by atoms with Crippen molar-refractivity contribution in [1.82, 2.24) is 9.78 Å². The van der Waals surface area contributed by atoms with Crippen LogP contribution in [0.15, 0.2) is 87.9 Å². The summed E-state index contributed by atoms with van der Waals surface area (Å²) >= 11 is 0. The molecular formula is C23H22N6O5S. The van der Waals surface area contributed by atoms with Gasteiger partial charge < -0.3 is 20.7 Å². The number of hydrogen-bond donors (Lipinski definition) is 4. The summed E-state index contributed by atoms with van der Waals surface area (Å²) in [5, 5.41) is 32.1. The summed E-state index contributed by atoms with van der Waals surface area (Å²) in [6, 6.07) is 19.3. The molecule has 11 nitrogen and oxygen atoms in total. The molecule has 0 spiro atoms. The number of para-hydroxylation sites is 1. The van der Waals surface area contributed by atoms with Crippen molar-refractivity contribution in [3.63, 3.8) is 0 Å². The third-order valence-corrected chi connectivity index (χ3v) is 6.37. The summed E-state index contributed by atoms with van der Waals surface area (Å²) in [7, 11) is -2.68. The number of nitrogens with zero attached hydrogens (tertiary/aromatic N) is 4. The van der Waals surface area contributed by atoms with E-state index in [0.717, 1.165) is 0 Å². The van der Waals surface area contributed by atoms with Gasteiger partial charge in [-0.25, -0.2) is 8.42 Å². The maximum Gasteiger partial charge on any atom is 0.264 e. The Kier molecular flexibility index (Phi) is 6.66. The van der Waals surface area contributed by atoms with Crippen molar-refractivity contribution in [1.29, 1.82) is 0 Å². The van der Waals surface area contributed by atoms with Crippen molar-refractivity contribution in [2.75, 3.05) is 17.6 Å². The highest BCUT2D eigenvalue weighted by molar-refractivity contribution is 7.92. The Labute approximate surface area is 201 Å². The molecule has 0 aliphatic heterocycles. The van der Waals surface area contributed by atoms with Crippen LogP contribution in [0.25, 0.3) is 5.69 Å². The summed E-state index contributed by atoms with van der Waals surface area (Å²) in [4.78, 5) is -0.190. The van der Waals surface area contributed by atoms with Gasteiger partial charge in [-0.05, 0) is 42.0 Å². The summed E-state index contributed by atoms with van der Waals surface area (Å²) in [5.41, 5.74) is 7.12. The van der Waals surface area contributed by atoms with E-state index in [-0.39, 0.29) is 40.3 Å². The first-order valence-corrected chi connectivity index (χ1v) is 11.8. The molecule has 0 bridgehead atoms. The number of sulfonamides is 1. The third kappa shape index (κ3) is 5.08. The molecular weight excluding hydrogens is 472 g/mol. The maximum atomic E-state index is 13.1. The van der Waals surface area contributed by atoms with Gasteiger partial charge in [0.15, 0.2) is 11.5 Å². The number of anilines is 2. The number of hydrogen-bond acceptors (Lipinski definition) is 9. The van der Waals surface area contributed by atoms with E-state index in [4.69, 9.17) is 10.5 Å². The maximum absolute atomic E-state index is 13.1. The summed E-state index contributed by atoms with van der Waals surface area (Å²) < 4.78 is 35.2. The normalized spacial score (nSPS) is 11.6. The molecule has 0 aliphatic carbocycles. The molecule has 3 aromatic carbocycles. The minimum atomic E-state index is -4.11. The lowest BCUT2D eigenvalue weighted by Gasteiger charge is -2.11. The molecule has 0 unspecified atom stereocenters. The zero-order chi connectivity index (χ0) is 25.0. The highest BCUT2D eigenvalue weighted by Gasteiger charge is 2.21. The molecule has 4 rings (SSSR count). The molecule has 180 valence electrons. The highest BCUT2D eigenvalue weighted by Crippen LogP contribution is 2.37. The molecule has 0 radical (unpaired) electrons. The molecule has 5 N–H and O–H groups in total. The predicted molar refractivity (Wildman–Crippen MR) is 130 cm³/mol. The Bertz CT molecular complexity index is 1490. The van der Waals surface area contributed by atoms with Crippen LogP contribution in [0.1, 0.15) is 5.56 Å². The molecule has 35 heavy (non-hydrogen) atoms. The number of aromatic hydroxyl groups is 1. The van der Waals surface area contributed by atoms with Crippen LogP contribution < -0.4 is 15.2 Å². The van der Waals surface area contributed by atoms with Crippen LogP contribution in [-0.4, -0.2) is 35.5 Å². The average molecular weight is 495 g/mol. The van der Waals surface area contributed by atoms with Gasteiger partial charge >= 0.3 is 0 Å². The number of methoxy groups -OCH3 is 1.